The van der Waals surface area contributed by atoms with Crippen molar-refractivity contribution < 1.29 is 5.11 Å². The van der Waals surface area contributed by atoms with E-state index in [0.29, 0.717) is 0 Å². The summed E-state index contributed by atoms with van der Waals surface area (Å²) in [4.78, 5) is 10.9. The molecule has 2 aliphatic rings. The van der Waals surface area contributed by atoms with Gasteiger partial charge in [0, 0.05) is 0 Å². The summed E-state index contributed by atoms with van der Waals surface area (Å²) < 4.78 is 0. The summed E-state index contributed by atoms with van der Waals surface area (Å²) in [6.45, 7) is 9.35. The zero-order chi connectivity index (χ0) is 26.0. The van der Waals surface area contributed by atoms with Crippen LogP contribution in [-0.4, -0.2) is 5.11 Å². The van der Waals surface area contributed by atoms with Crippen LogP contribution in [0.3, 0.4) is 0 Å². The highest BCUT2D eigenvalue weighted by Crippen LogP contribution is 2.57. The Morgan fingerprint density at radius 2 is 1.62 bits per heavy atom. The molecule has 0 fully saturated rings. The first-order valence-electron chi connectivity index (χ1n) is 12.4. The van der Waals surface area contributed by atoms with Gasteiger partial charge < -0.3 is 5.11 Å². The number of aliphatic hydroxyl groups excluding tert-OH is 1. The Balaban J connectivity index is 1.81. The summed E-state index contributed by atoms with van der Waals surface area (Å²) in [7, 11) is 0. The first-order valence-corrected chi connectivity index (χ1v) is 12.4. The number of nitrogens with zero attached hydrogens (tertiary/aromatic N) is 1. The van der Waals surface area contributed by atoms with Crippen LogP contribution in [0.25, 0.3) is 17.2 Å². The van der Waals surface area contributed by atoms with Gasteiger partial charge in [0.25, 0.3) is 0 Å². The van der Waals surface area contributed by atoms with Gasteiger partial charge in [-0.15, -0.1) is 4.91 Å². The zero-order valence-corrected chi connectivity index (χ0v) is 20.9. The van der Waals surface area contributed by atoms with Crippen LogP contribution in [0.4, 0.5) is 0 Å². The van der Waals surface area contributed by atoms with E-state index in [1.807, 2.05) is 12.2 Å². The molecule has 5 rings (SSSR count). The summed E-state index contributed by atoms with van der Waals surface area (Å²) in [5, 5.41) is 12.6. The van der Waals surface area contributed by atoms with Crippen molar-refractivity contribution in [3.05, 3.63) is 166 Å². The summed E-state index contributed by atoms with van der Waals surface area (Å²) in [5.74, 6) is 0.0362. The van der Waals surface area contributed by atoms with Crippen molar-refractivity contribution in [3.8, 4) is 11.1 Å². The molecule has 0 heterocycles. The molecule has 0 bridgehead atoms. The van der Waals surface area contributed by atoms with Crippen molar-refractivity contribution >= 4 is 6.08 Å². The van der Waals surface area contributed by atoms with Gasteiger partial charge >= 0.3 is 0 Å². The van der Waals surface area contributed by atoms with Gasteiger partial charge in [0.2, 0.25) is 0 Å². The fourth-order valence-corrected chi connectivity index (χ4v) is 5.68. The van der Waals surface area contributed by atoms with Crippen molar-refractivity contribution in [1.29, 1.82) is 0 Å². The van der Waals surface area contributed by atoms with E-state index in [4.69, 9.17) is 0 Å². The second kappa shape index (κ2) is 9.87. The van der Waals surface area contributed by atoms with Crippen molar-refractivity contribution in [3.63, 3.8) is 0 Å². The molecule has 3 nitrogen and oxygen atoms in total. The SMILES string of the molecule is C=C(O)/C=C\C1=CCCC(C2(c3ccc(C)c(/C=C\C(=C)N=O)c3)c3ccccc3-c3ccccc32)=C1. The maximum Gasteiger partial charge on any atom is 0.108 e. The Kier molecular flexibility index (Phi) is 6.45. The molecule has 2 aliphatic carbocycles. The predicted molar refractivity (Wildman–Crippen MR) is 153 cm³/mol. The fraction of sp³-hybridized carbons (Fsp3) is 0.118. The lowest BCUT2D eigenvalue weighted by Gasteiger charge is -2.37. The van der Waals surface area contributed by atoms with Crippen molar-refractivity contribution in [1.82, 2.24) is 0 Å². The first-order chi connectivity index (χ1) is 17.9. The molecule has 0 saturated carbocycles. The standard InChI is InChI=1S/C34H29NO2/c1-23-15-20-29(22-27(23)19-16-24(2)35-37)34(28-10-8-9-26(21-28)18-17-25(3)36)32-13-6-4-11-30(32)31-12-5-7-14-33(31)34/h4-7,9,11-22,36H,2-3,8,10H2,1H3/b18-17-,19-16-. The molecule has 182 valence electrons. The Hall–Kier alpha value is -4.50. The van der Waals surface area contributed by atoms with Crippen molar-refractivity contribution in [2.75, 3.05) is 0 Å². The number of benzene rings is 3. The van der Waals surface area contributed by atoms with Crippen LogP contribution < -0.4 is 0 Å². The molecule has 0 amide bonds. The monoisotopic (exact) mass is 483 g/mol. The van der Waals surface area contributed by atoms with Crippen LogP contribution in [0.5, 0.6) is 0 Å². The van der Waals surface area contributed by atoms with Gasteiger partial charge in [-0.25, -0.2) is 0 Å². The number of aryl methyl sites for hydroxylation is 1. The van der Waals surface area contributed by atoms with Gasteiger partial charge in [-0.1, -0.05) is 98.1 Å². The molecule has 1 N–H and O–H groups in total. The Morgan fingerprint density at radius 3 is 2.27 bits per heavy atom. The van der Waals surface area contributed by atoms with Crippen LogP contribution in [0.15, 0.2) is 138 Å². The maximum atomic E-state index is 10.9. The Bertz CT molecular complexity index is 1500. The molecule has 3 aromatic carbocycles. The van der Waals surface area contributed by atoms with Crippen molar-refractivity contribution in [2.45, 2.75) is 25.2 Å². The molecule has 3 heteroatoms. The summed E-state index contributed by atoms with van der Waals surface area (Å²) in [5.41, 5.74) is 10.4. The van der Waals surface area contributed by atoms with Crippen LogP contribution in [0.1, 0.15) is 40.7 Å². The highest BCUT2D eigenvalue weighted by molar-refractivity contribution is 5.86. The second-order valence-corrected chi connectivity index (χ2v) is 9.57. The summed E-state index contributed by atoms with van der Waals surface area (Å²) in [6, 6.07) is 23.9. The molecule has 0 atom stereocenters. The van der Waals surface area contributed by atoms with E-state index >= 15 is 0 Å². The average Bonchev–Trinajstić information content (AvgIpc) is 3.23. The molecule has 0 aromatic heterocycles. The van der Waals surface area contributed by atoms with Gasteiger partial charge in [0.05, 0.1) is 5.41 Å². The number of hydrogen-bond acceptors (Lipinski definition) is 3. The quantitative estimate of drug-likeness (QED) is 0.207. The normalized spacial score (nSPS) is 15.7. The minimum atomic E-state index is -0.479. The third-order valence-electron chi connectivity index (χ3n) is 7.32. The maximum absolute atomic E-state index is 10.9. The predicted octanol–water partition coefficient (Wildman–Crippen LogP) is 8.88. The third-order valence-corrected chi connectivity index (χ3v) is 7.32. The topological polar surface area (TPSA) is 49.7 Å². The van der Waals surface area contributed by atoms with E-state index in [1.54, 1.807) is 12.2 Å². The van der Waals surface area contributed by atoms with E-state index < -0.39 is 5.41 Å². The Morgan fingerprint density at radius 1 is 0.946 bits per heavy atom. The molecule has 0 aliphatic heterocycles. The van der Waals surface area contributed by atoms with Gasteiger partial charge in [-0.2, -0.15) is 0 Å². The van der Waals surface area contributed by atoms with Gasteiger partial charge in [0.15, 0.2) is 0 Å². The first kappa shape index (κ1) is 24.2. The number of rotatable bonds is 7. The molecule has 0 saturated heterocycles. The smallest absolute Gasteiger partial charge is 0.108 e. The minimum Gasteiger partial charge on any atom is -0.509 e. The summed E-state index contributed by atoms with van der Waals surface area (Å²) >= 11 is 0. The van der Waals surface area contributed by atoms with Gasteiger partial charge in [-0.3, -0.25) is 0 Å². The molecule has 3 aromatic rings. The highest BCUT2D eigenvalue weighted by Gasteiger charge is 2.47. The number of fused-ring (bicyclic) bond motifs is 3. The van der Waals surface area contributed by atoms with Gasteiger partial charge in [0.1, 0.15) is 11.5 Å². The highest BCUT2D eigenvalue weighted by atomic mass is 16.3. The lowest BCUT2D eigenvalue weighted by Crippen LogP contribution is -2.30. The largest absolute Gasteiger partial charge is 0.509 e. The molecule has 37 heavy (non-hydrogen) atoms. The lowest BCUT2D eigenvalue weighted by molar-refractivity contribution is 0.435. The third kappa shape index (κ3) is 4.23. The molecule has 0 spiro atoms. The van der Waals surface area contributed by atoms with Crippen LogP contribution in [0, 0.1) is 11.8 Å². The number of nitroso groups, excluding NO2 is 1. The van der Waals surface area contributed by atoms with E-state index in [9.17, 15) is 10.0 Å². The molecule has 0 radical (unpaired) electrons. The summed E-state index contributed by atoms with van der Waals surface area (Å²) in [6.07, 6.45) is 13.4. The fourth-order valence-electron chi connectivity index (χ4n) is 5.68. The van der Waals surface area contributed by atoms with E-state index in [0.717, 1.165) is 29.5 Å². The number of allylic oxidation sites excluding steroid dienone is 7. The second-order valence-electron chi connectivity index (χ2n) is 9.57. The number of hydrogen-bond donors (Lipinski definition) is 1. The lowest BCUT2D eigenvalue weighted by atomic mass is 9.64. The van der Waals surface area contributed by atoms with E-state index in [2.05, 4.69) is 104 Å². The number of aliphatic hydroxyl groups is 1. The van der Waals surface area contributed by atoms with E-state index in [1.165, 1.54) is 33.4 Å². The average molecular weight is 484 g/mol. The van der Waals surface area contributed by atoms with Crippen LogP contribution in [-0.2, 0) is 5.41 Å². The molecular formula is C34H29NO2. The Labute approximate surface area is 218 Å². The zero-order valence-electron chi connectivity index (χ0n) is 20.9. The minimum absolute atomic E-state index is 0.0362. The molecular weight excluding hydrogens is 454 g/mol. The van der Waals surface area contributed by atoms with Crippen LogP contribution >= 0.6 is 0 Å². The van der Waals surface area contributed by atoms with E-state index in [-0.39, 0.29) is 11.5 Å². The van der Waals surface area contributed by atoms with Crippen LogP contribution in [0.2, 0.25) is 0 Å². The molecule has 0 unspecified atom stereocenters. The van der Waals surface area contributed by atoms with Gasteiger partial charge in [-0.05, 0) is 93.3 Å². The van der Waals surface area contributed by atoms with Crippen molar-refractivity contribution in [2.24, 2.45) is 5.18 Å².